The van der Waals surface area contributed by atoms with Gasteiger partial charge in [-0.25, -0.2) is 4.79 Å². The first kappa shape index (κ1) is 17.3. The van der Waals surface area contributed by atoms with Gasteiger partial charge in [-0.2, -0.15) is 0 Å². The fraction of sp³-hybridized carbons (Fsp3) is 0.389. The molecule has 2 heterocycles. The molecule has 1 aliphatic rings. The number of carbonyl (C=O) groups excluding carboxylic acids is 1. The average Bonchev–Trinajstić information content (AvgIpc) is 3.25. The van der Waals surface area contributed by atoms with E-state index in [-0.39, 0.29) is 6.03 Å². The van der Waals surface area contributed by atoms with Gasteiger partial charge < -0.3 is 15.5 Å². The molecule has 1 aromatic heterocycles. The maximum absolute atomic E-state index is 11.9. The number of nitrogens with zero attached hydrogens (tertiary/aromatic N) is 1. The number of benzene rings is 1. The summed E-state index contributed by atoms with van der Waals surface area (Å²) in [6, 6.07) is 12.5. The summed E-state index contributed by atoms with van der Waals surface area (Å²) in [5.74, 6) is 0.507. The Morgan fingerprint density at radius 2 is 2.21 bits per heavy atom. The number of urea groups is 1. The third-order valence-corrected chi connectivity index (χ3v) is 5.68. The number of rotatable bonds is 6. The highest BCUT2D eigenvalue weighted by Crippen LogP contribution is 2.25. The zero-order valence-corrected chi connectivity index (χ0v) is 15.9. The molecule has 2 N–H and O–H groups in total. The molecule has 0 spiro atoms. The number of amides is 2. The van der Waals surface area contributed by atoms with Crippen molar-refractivity contribution in [1.82, 2.24) is 10.6 Å². The Balaban J connectivity index is 1.36. The van der Waals surface area contributed by atoms with Crippen molar-refractivity contribution in [2.45, 2.75) is 12.8 Å². The highest BCUT2D eigenvalue weighted by molar-refractivity contribution is 9.10. The normalized spacial score (nSPS) is 17.0. The molecule has 1 aromatic carbocycles. The molecule has 0 saturated carbocycles. The summed E-state index contributed by atoms with van der Waals surface area (Å²) in [4.78, 5) is 15.6. The second-order valence-electron chi connectivity index (χ2n) is 6.05. The first-order valence-corrected chi connectivity index (χ1v) is 9.92. The van der Waals surface area contributed by atoms with E-state index in [1.807, 2.05) is 12.1 Å². The summed E-state index contributed by atoms with van der Waals surface area (Å²) in [5, 5.41) is 8.00. The first-order chi connectivity index (χ1) is 11.7. The molecule has 0 aliphatic carbocycles. The monoisotopic (exact) mass is 407 g/mol. The highest BCUT2D eigenvalue weighted by atomic mass is 79.9. The topological polar surface area (TPSA) is 44.4 Å². The van der Waals surface area contributed by atoms with E-state index in [1.54, 1.807) is 11.3 Å². The summed E-state index contributed by atoms with van der Waals surface area (Å²) in [5.41, 5.74) is 1.24. The van der Waals surface area contributed by atoms with Crippen LogP contribution < -0.4 is 15.5 Å². The van der Waals surface area contributed by atoms with Gasteiger partial charge in [0.1, 0.15) is 0 Å². The molecule has 1 fully saturated rings. The van der Waals surface area contributed by atoms with Crippen LogP contribution in [-0.4, -0.2) is 32.2 Å². The molecule has 4 nitrogen and oxygen atoms in total. The van der Waals surface area contributed by atoms with Gasteiger partial charge in [-0.1, -0.05) is 28.1 Å². The van der Waals surface area contributed by atoms with Crippen molar-refractivity contribution in [2.75, 3.05) is 31.1 Å². The highest BCUT2D eigenvalue weighted by Gasteiger charge is 2.23. The van der Waals surface area contributed by atoms with E-state index in [0.29, 0.717) is 12.5 Å². The summed E-state index contributed by atoms with van der Waals surface area (Å²) >= 11 is 5.25. The van der Waals surface area contributed by atoms with E-state index in [2.05, 4.69) is 61.1 Å². The summed E-state index contributed by atoms with van der Waals surface area (Å²) in [6.45, 7) is 3.45. The maximum atomic E-state index is 11.9. The van der Waals surface area contributed by atoms with Gasteiger partial charge in [0.25, 0.3) is 0 Å². The Morgan fingerprint density at radius 3 is 3.00 bits per heavy atom. The lowest BCUT2D eigenvalue weighted by atomic mass is 10.1. The van der Waals surface area contributed by atoms with Crippen molar-refractivity contribution in [3.8, 4) is 0 Å². The predicted molar refractivity (Wildman–Crippen MR) is 104 cm³/mol. The van der Waals surface area contributed by atoms with Crippen LogP contribution in [0.4, 0.5) is 10.5 Å². The number of hydrogen-bond acceptors (Lipinski definition) is 3. The minimum atomic E-state index is -0.0625. The number of anilines is 1. The van der Waals surface area contributed by atoms with E-state index in [9.17, 15) is 4.79 Å². The van der Waals surface area contributed by atoms with E-state index >= 15 is 0 Å². The third kappa shape index (κ3) is 4.98. The summed E-state index contributed by atoms with van der Waals surface area (Å²) < 4.78 is 1.10. The zero-order valence-electron chi connectivity index (χ0n) is 13.5. The van der Waals surface area contributed by atoms with Crippen LogP contribution in [0.2, 0.25) is 0 Å². The van der Waals surface area contributed by atoms with Crippen molar-refractivity contribution in [3.05, 3.63) is 51.1 Å². The van der Waals surface area contributed by atoms with Crippen LogP contribution in [0.5, 0.6) is 0 Å². The quantitative estimate of drug-likeness (QED) is 0.762. The lowest BCUT2D eigenvalue weighted by Crippen LogP contribution is -2.39. The molecule has 0 bridgehead atoms. The number of hydrogen-bond donors (Lipinski definition) is 2. The minimum absolute atomic E-state index is 0.0625. The van der Waals surface area contributed by atoms with Crippen LogP contribution in [0.25, 0.3) is 0 Å². The van der Waals surface area contributed by atoms with E-state index in [1.165, 1.54) is 10.6 Å². The number of halogens is 1. The van der Waals surface area contributed by atoms with Crippen LogP contribution in [0, 0.1) is 5.92 Å². The molecule has 2 amide bonds. The molecule has 1 unspecified atom stereocenters. The molecule has 24 heavy (non-hydrogen) atoms. The van der Waals surface area contributed by atoms with E-state index in [4.69, 9.17) is 0 Å². The molecule has 0 radical (unpaired) electrons. The second kappa shape index (κ2) is 8.53. The Labute approximate surface area is 155 Å². The Bertz CT molecular complexity index is 662. The lowest BCUT2D eigenvalue weighted by molar-refractivity contribution is 0.239. The van der Waals surface area contributed by atoms with Gasteiger partial charge in [-0.05, 0) is 48.4 Å². The van der Waals surface area contributed by atoms with Crippen LogP contribution in [0.1, 0.15) is 11.3 Å². The Hall–Kier alpha value is -1.53. The fourth-order valence-electron chi connectivity index (χ4n) is 2.96. The first-order valence-electron chi connectivity index (χ1n) is 8.25. The number of carbonyl (C=O) groups is 1. The van der Waals surface area contributed by atoms with Crippen LogP contribution in [0.15, 0.2) is 46.3 Å². The molecule has 1 aliphatic heterocycles. The second-order valence-corrected chi connectivity index (χ2v) is 7.99. The molecule has 1 saturated heterocycles. The molecular formula is C18H22BrN3OS. The van der Waals surface area contributed by atoms with Crippen molar-refractivity contribution < 1.29 is 4.79 Å². The summed E-state index contributed by atoms with van der Waals surface area (Å²) in [7, 11) is 0. The van der Waals surface area contributed by atoms with Crippen molar-refractivity contribution in [2.24, 2.45) is 5.92 Å². The van der Waals surface area contributed by atoms with Gasteiger partial charge >= 0.3 is 6.03 Å². The van der Waals surface area contributed by atoms with Crippen LogP contribution in [0.3, 0.4) is 0 Å². The van der Waals surface area contributed by atoms with Crippen molar-refractivity contribution in [3.63, 3.8) is 0 Å². The molecule has 2 aromatic rings. The SMILES string of the molecule is O=C(NCCc1cccs1)NCC1CCN(c2cccc(Br)c2)C1. The zero-order chi connectivity index (χ0) is 16.8. The largest absolute Gasteiger partial charge is 0.371 e. The Kier molecular flexibility index (Phi) is 6.15. The molecule has 1 atom stereocenters. The van der Waals surface area contributed by atoms with Gasteiger partial charge in [-0.15, -0.1) is 11.3 Å². The number of thiophene rings is 1. The fourth-order valence-corrected chi connectivity index (χ4v) is 4.06. The van der Waals surface area contributed by atoms with Crippen molar-refractivity contribution in [1.29, 1.82) is 0 Å². The maximum Gasteiger partial charge on any atom is 0.314 e. The third-order valence-electron chi connectivity index (χ3n) is 4.25. The molecule has 128 valence electrons. The smallest absolute Gasteiger partial charge is 0.314 e. The van der Waals surface area contributed by atoms with Gasteiger partial charge in [-0.3, -0.25) is 0 Å². The van der Waals surface area contributed by atoms with E-state index < -0.39 is 0 Å². The van der Waals surface area contributed by atoms with Gasteiger partial charge in [0.15, 0.2) is 0 Å². The van der Waals surface area contributed by atoms with Crippen LogP contribution >= 0.6 is 27.3 Å². The van der Waals surface area contributed by atoms with E-state index in [0.717, 1.165) is 36.9 Å². The van der Waals surface area contributed by atoms with Crippen LogP contribution in [-0.2, 0) is 6.42 Å². The molecule has 6 heteroatoms. The summed E-state index contributed by atoms with van der Waals surface area (Å²) in [6.07, 6.45) is 2.01. The Morgan fingerprint density at radius 1 is 1.29 bits per heavy atom. The van der Waals surface area contributed by atoms with Crippen molar-refractivity contribution >= 4 is 39.0 Å². The van der Waals surface area contributed by atoms with Gasteiger partial charge in [0, 0.05) is 41.2 Å². The lowest BCUT2D eigenvalue weighted by Gasteiger charge is -2.19. The minimum Gasteiger partial charge on any atom is -0.371 e. The molecular weight excluding hydrogens is 386 g/mol. The average molecular weight is 408 g/mol. The standard InChI is InChI=1S/C18H22BrN3OS/c19-15-3-1-4-16(11-15)22-9-7-14(13-22)12-21-18(23)20-8-6-17-5-2-10-24-17/h1-5,10-11,14H,6-9,12-13H2,(H2,20,21,23). The predicted octanol–water partition coefficient (Wildman–Crippen LogP) is 3.88. The number of nitrogens with one attached hydrogen (secondary N) is 2. The molecule has 3 rings (SSSR count). The van der Waals surface area contributed by atoms with Gasteiger partial charge in [0.2, 0.25) is 0 Å². The van der Waals surface area contributed by atoms with Gasteiger partial charge in [0.05, 0.1) is 0 Å².